The molecule has 0 aliphatic rings. The van der Waals surface area contributed by atoms with Crippen molar-refractivity contribution in [1.29, 1.82) is 0 Å². The highest BCUT2D eigenvalue weighted by molar-refractivity contribution is 7.17. The van der Waals surface area contributed by atoms with Gasteiger partial charge in [-0.3, -0.25) is 14.5 Å². The number of nitro benzene ring substituents is 1. The largest absolute Gasteiger partial charge is 0.496 e. The number of fused-ring (bicyclic) bond motifs is 1. The number of hydrogen-bond acceptors (Lipinski definition) is 6. The minimum absolute atomic E-state index is 0.142. The summed E-state index contributed by atoms with van der Waals surface area (Å²) in [6.07, 6.45) is 5.85. The zero-order chi connectivity index (χ0) is 17.3. The Kier molecular flexibility index (Phi) is 4.39. The van der Waals surface area contributed by atoms with E-state index in [2.05, 4.69) is 11.9 Å². The van der Waals surface area contributed by atoms with Gasteiger partial charge in [0.05, 0.1) is 19.1 Å². The number of nitro groups is 1. The first kappa shape index (κ1) is 16.3. The van der Waals surface area contributed by atoms with Gasteiger partial charge in [-0.25, -0.2) is 4.98 Å². The van der Waals surface area contributed by atoms with Gasteiger partial charge in [0.25, 0.3) is 0 Å². The minimum Gasteiger partial charge on any atom is -0.496 e. The average Bonchev–Trinajstić information content (AvgIpc) is 3.11. The maximum atomic E-state index is 11.6. The molecule has 126 valence electrons. The number of aryl methyl sites for hydroxylation is 1. The lowest BCUT2D eigenvalue weighted by atomic mass is 10.1. The summed E-state index contributed by atoms with van der Waals surface area (Å²) < 4.78 is 12.4. The fourth-order valence-corrected chi connectivity index (χ4v) is 3.70. The Morgan fingerprint density at radius 1 is 1.25 bits per heavy atom. The standard InChI is InChI=1S/C16H17N3O4S/c1-4-5-10-8-18-9-11(17-16(18)24-10)14-12(22-2)6-7-13(23-3)15(14)19(20)21/h6-9H,4-5H2,1-3H3. The van der Waals surface area contributed by atoms with Crippen molar-refractivity contribution in [3.8, 4) is 22.8 Å². The molecule has 8 heteroatoms. The van der Waals surface area contributed by atoms with Crippen LogP contribution in [0, 0.1) is 10.1 Å². The molecule has 3 aromatic rings. The van der Waals surface area contributed by atoms with Crippen molar-refractivity contribution in [3.63, 3.8) is 0 Å². The van der Waals surface area contributed by atoms with E-state index in [0.717, 1.165) is 17.8 Å². The third-order valence-corrected chi connectivity index (χ3v) is 4.74. The number of nitrogens with zero attached hydrogens (tertiary/aromatic N) is 3. The van der Waals surface area contributed by atoms with Crippen molar-refractivity contribution in [1.82, 2.24) is 9.38 Å². The lowest BCUT2D eigenvalue weighted by molar-refractivity contribution is -0.385. The molecule has 1 aromatic carbocycles. The van der Waals surface area contributed by atoms with Crippen LogP contribution in [0.3, 0.4) is 0 Å². The van der Waals surface area contributed by atoms with E-state index < -0.39 is 4.92 Å². The Balaban J connectivity index is 2.20. The topological polar surface area (TPSA) is 78.9 Å². The smallest absolute Gasteiger partial charge is 0.324 e. The highest BCUT2D eigenvalue weighted by Gasteiger charge is 2.28. The number of hydrogen-bond donors (Lipinski definition) is 0. The minimum atomic E-state index is -0.466. The zero-order valence-corrected chi connectivity index (χ0v) is 14.4. The van der Waals surface area contributed by atoms with Crippen molar-refractivity contribution in [2.24, 2.45) is 0 Å². The van der Waals surface area contributed by atoms with Crippen LogP contribution >= 0.6 is 11.3 Å². The molecule has 0 bridgehead atoms. The lowest BCUT2D eigenvalue weighted by Gasteiger charge is -2.10. The van der Waals surface area contributed by atoms with Crippen LogP contribution in [-0.4, -0.2) is 28.5 Å². The van der Waals surface area contributed by atoms with Gasteiger partial charge in [-0.15, -0.1) is 11.3 Å². The Morgan fingerprint density at radius 2 is 1.96 bits per heavy atom. The third-order valence-electron chi connectivity index (χ3n) is 3.68. The van der Waals surface area contributed by atoms with Crippen LogP contribution in [0.2, 0.25) is 0 Å². The van der Waals surface area contributed by atoms with E-state index in [0.29, 0.717) is 17.0 Å². The van der Waals surface area contributed by atoms with E-state index in [1.807, 2.05) is 10.6 Å². The van der Waals surface area contributed by atoms with Gasteiger partial charge in [0.15, 0.2) is 10.7 Å². The van der Waals surface area contributed by atoms with Gasteiger partial charge in [-0.2, -0.15) is 0 Å². The molecule has 0 aliphatic heterocycles. The van der Waals surface area contributed by atoms with E-state index in [1.54, 1.807) is 23.6 Å². The SMILES string of the molecule is CCCc1cn2cc(-c3c(OC)ccc(OC)c3[N+](=O)[O-])nc2s1. The van der Waals surface area contributed by atoms with E-state index in [-0.39, 0.29) is 11.4 Å². The third kappa shape index (κ3) is 2.69. The maximum absolute atomic E-state index is 11.6. The summed E-state index contributed by atoms with van der Waals surface area (Å²) in [4.78, 5) is 17.7. The molecular formula is C16H17N3O4S. The predicted molar refractivity (Wildman–Crippen MR) is 92.3 cm³/mol. The maximum Gasteiger partial charge on any atom is 0.324 e. The molecule has 2 heterocycles. The number of imidazole rings is 1. The number of benzene rings is 1. The van der Waals surface area contributed by atoms with E-state index >= 15 is 0 Å². The van der Waals surface area contributed by atoms with Gasteiger partial charge < -0.3 is 9.47 Å². The number of thiazole rings is 1. The summed E-state index contributed by atoms with van der Waals surface area (Å²) >= 11 is 1.58. The fourth-order valence-electron chi connectivity index (χ4n) is 2.64. The van der Waals surface area contributed by atoms with Crippen LogP contribution in [0.4, 0.5) is 5.69 Å². The molecule has 0 N–H and O–H groups in total. The first-order valence-corrected chi connectivity index (χ1v) is 8.27. The highest BCUT2D eigenvalue weighted by atomic mass is 32.1. The van der Waals surface area contributed by atoms with Crippen molar-refractivity contribution in [2.75, 3.05) is 14.2 Å². The molecular weight excluding hydrogens is 330 g/mol. The molecule has 0 spiro atoms. The summed E-state index contributed by atoms with van der Waals surface area (Å²) in [6, 6.07) is 3.18. The second-order valence-corrected chi connectivity index (χ2v) is 6.31. The molecule has 24 heavy (non-hydrogen) atoms. The van der Waals surface area contributed by atoms with Gasteiger partial charge in [0, 0.05) is 17.3 Å². The second-order valence-electron chi connectivity index (χ2n) is 5.21. The fraction of sp³-hybridized carbons (Fsp3) is 0.312. The van der Waals surface area contributed by atoms with Gasteiger partial charge in [0.2, 0.25) is 0 Å². The van der Waals surface area contributed by atoms with Gasteiger partial charge >= 0.3 is 5.69 Å². The van der Waals surface area contributed by atoms with Crippen LogP contribution in [0.15, 0.2) is 24.5 Å². The average molecular weight is 347 g/mol. The molecule has 3 rings (SSSR count). The Bertz CT molecular complexity index is 869. The van der Waals surface area contributed by atoms with Gasteiger partial charge in [-0.05, 0) is 18.6 Å². The van der Waals surface area contributed by atoms with Crippen LogP contribution < -0.4 is 9.47 Å². The Hall–Kier alpha value is -2.61. The Morgan fingerprint density at radius 3 is 2.54 bits per heavy atom. The van der Waals surface area contributed by atoms with E-state index in [9.17, 15) is 10.1 Å². The van der Waals surface area contributed by atoms with Crippen molar-refractivity contribution >= 4 is 22.0 Å². The molecule has 0 fully saturated rings. The molecule has 0 amide bonds. The van der Waals surface area contributed by atoms with Crippen molar-refractivity contribution in [2.45, 2.75) is 19.8 Å². The molecule has 0 saturated carbocycles. The molecule has 0 unspecified atom stereocenters. The first-order valence-electron chi connectivity index (χ1n) is 7.46. The monoisotopic (exact) mass is 347 g/mol. The summed E-state index contributed by atoms with van der Waals surface area (Å²) in [6.45, 7) is 2.12. The molecule has 0 atom stereocenters. The van der Waals surface area contributed by atoms with Crippen molar-refractivity contribution in [3.05, 3.63) is 39.5 Å². The van der Waals surface area contributed by atoms with Gasteiger partial charge in [0.1, 0.15) is 17.0 Å². The summed E-state index contributed by atoms with van der Waals surface area (Å²) in [5.74, 6) is 0.570. The number of ether oxygens (including phenoxy) is 2. The Labute approximate surface area is 142 Å². The van der Waals surface area contributed by atoms with Crippen LogP contribution in [0.1, 0.15) is 18.2 Å². The van der Waals surface area contributed by atoms with Crippen molar-refractivity contribution < 1.29 is 14.4 Å². The molecule has 7 nitrogen and oxygen atoms in total. The molecule has 0 radical (unpaired) electrons. The molecule has 2 aromatic heterocycles. The zero-order valence-electron chi connectivity index (χ0n) is 13.6. The molecule has 0 aliphatic carbocycles. The quantitative estimate of drug-likeness (QED) is 0.498. The van der Waals surface area contributed by atoms with E-state index in [4.69, 9.17) is 9.47 Å². The summed E-state index contributed by atoms with van der Waals surface area (Å²) in [5.41, 5.74) is 0.679. The molecule has 0 saturated heterocycles. The summed E-state index contributed by atoms with van der Waals surface area (Å²) in [5, 5.41) is 11.6. The normalized spacial score (nSPS) is 11.0. The highest BCUT2D eigenvalue weighted by Crippen LogP contribution is 2.44. The predicted octanol–water partition coefficient (Wildman–Crippen LogP) is 3.94. The van der Waals surface area contributed by atoms with Crippen LogP contribution in [0.5, 0.6) is 11.5 Å². The van der Waals surface area contributed by atoms with E-state index in [1.165, 1.54) is 25.2 Å². The number of aromatic nitrogens is 2. The second kappa shape index (κ2) is 6.48. The van der Waals surface area contributed by atoms with Gasteiger partial charge in [-0.1, -0.05) is 13.3 Å². The number of methoxy groups -OCH3 is 2. The lowest BCUT2D eigenvalue weighted by Crippen LogP contribution is -1.99. The first-order chi connectivity index (χ1) is 11.6. The van der Waals surface area contributed by atoms with Crippen LogP contribution in [-0.2, 0) is 6.42 Å². The summed E-state index contributed by atoms with van der Waals surface area (Å²) in [7, 11) is 2.88. The van der Waals surface area contributed by atoms with Crippen LogP contribution in [0.25, 0.3) is 16.2 Å². The number of rotatable bonds is 6.